The van der Waals surface area contributed by atoms with Gasteiger partial charge in [0.1, 0.15) is 5.40 Å². The summed E-state index contributed by atoms with van der Waals surface area (Å²) in [6.07, 6.45) is 2.04. The van der Waals surface area contributed by atoms with Crippen molar-refractivity contribution in [3.63, 3.8) is 0 Å². The summed E-state index contributed by atoms with van der Waals surface area (Å²) in [4.78, 5) is 0. The highest BCUT2D eigenvalue weighted by molar-refractivity contribution is 8.05. The quantitative estimate of drug-likeness (QED) is 0.431. The van der Waals surface area contributed by atoms with Crippen molar-refractivity contribution in [2.75, 3.05) is 17.8 Å². The third kappa shape index (κ3) is 6.19. The van der Waals surface area contributed by atoms with Crippen molar-refractivity contribution in [3.05, 3.63) is 0 Å². The van der Waals surface area contributed by atoms with Crippen LogP contribution in [0.3, 0.4) is 0 Å². The fourth-order valence-electron chi connectivity index (χ4n) is 0.171. The Kier molecular flexibility index (Phi) is 6.36. The molecule has 0 amide bonds. The summed E-state index contributed by atoms with van der Waals surface area (Å²) in [5, 5.41) is 10.0. The minimum atomic E-state index is 0.956. The van der Waals surface area contributed by atoms with E-state index in [-0.39, 0.29) is 0 Å². The molecule has 0 aromatic carbocycles. The molecule has 0 spiro atoms. The van der Waals surface area contributed by atoms with Crippen LogP contribution in [0.5, 0.6) is 0 Å². The second kappa shape index (κ2) is 6.19. The molecule has 0 aromatic heterocycles. The molecule has 0 fully saturated rings. The summed E-state index contributed by atoms with van der Waals surface area (Å²) in [5.74, 6) is 2.04. The lowest BCUT2D eigenvalue weighted by molar-refractivity contribution is 1.54. The highest BCUT2D eigenvalue weighted by Crippen LogP contribution is 1.99. The van der Waals surface area contributed by atoms with Crippen LogP contribution in [0.15, 0.2) is 0 Å². The standard InChI is InChI=1S/C4H7NS2/c1-6-2-3-7-4-5/h2-3H2,1H3. The van der Waals surface area contributed by atoms with E-state index >= 15 is 0 Å². The molecule has 0 radical (unpaired) electrons. The summed E-state index contributed by atoms with van der Waals surface area (Å²) < 4.78 is 0. The smallest absolute Gasteiger partial charge is 0.133 e. The fourth-order valence-corrected chi connectivity index (χ4v) is 1.26. The van der Waals surface area contributed by atoms with E-state index in [0.29, 0.717) is 0 Å². The van der Waals surface area contributed by atoms with E-state index in [4.69, 9.17) is 5.26 Å². The Balaban J connectivity index is 2.60. The monoisotopic (exact) mass is 133 g/mol. The molecule has 1 nitrogen and oxygen atoms in total. The highest BCUT2D eigenvalue weighted by Gasteiger charge is 1.80. The van der Waals surface area contributed by atoms with Crippen molar-refractivity contribution in [1.82, 2.24) is 0 Å². The van der Waals surface area contributed by atoms with Gasteiger partial charge in [-0.2, -0.15) is 17.0 Å². The summed E-state index contributed by atoms with van der Waals surface area (Å²) in [5.41, 5.74) is 0. The maximum Gasteiger partial charge on any atom is 0.133 e. The SMILES string of the molecule is CSCCSC#N. The summed E-state index contributed by atoms with van der Waals surface area (Å²) >= 11 is 3.09. The topological polar surface area (TPSA) is 23.8 Å². The first kappa shape index (κ1) is 7.19. The van der Waals surface area contributed by atoms with Gasteiger partial charge in [-0.15, -0.1) is 0 Å². The number of thioether (sulfide) groups is 2. The van der Waals surface area contributed by atoms with Gasteiger partial charge in [0, 0.05) is 11.5 Å². The number of hydrogen-bond acceptors (Lipinski definition) is 3. The molecule has 40 valence electrons. The van der Waals surface area contributed by atoms with Gasteiger partial charge < -0.3 is 0 Å². The molecule has 7 heavy (non-hydrogen) atoms. The molecular weight excluding hydrogens is 126 g/mol. The number of nitrogens with zero attached hydrogens (tertiary/aromatic N) is 1. The van der Waals surface area contributed by atoms with Gasteiger partial charge in [-0.25, -0.2) is 0 Å². The molecule has 0 rings (SSSR count). The Labute approximate surface area is 52.5 Å². The molecule has 0 aliphatic rings. The summed E-state index contributed by atoms with van der Waals surface area (Å²) in [6.45, 7) is 0. The predicted octanol–water partition coefficient (Wildman–Crippen LogP) is 1.56. The first-order valence-corrected chi connectivity index (χ1v) is 4.29. The second-order valence-corrected chi connectivity index (χ2v) is 2.80. The average molecular weight is 133 g/mol. The second-order valence-electron chi connectivity index (χ2n) is 0.933. The summed E-state index contributed by atoms with van der Waals surface area (Å²) in [7, 11) is 0. The zero-order chi connectivity index (χ0) is 5.54. The lowest BCUT2D eigenvalue weighted by Crippen LogP contribution is -1.77. The maximum absolute atomic E-state index is 8.00. The van der Waals surface area contributed by atoms with Gasteiger partial charge in [0.2, 0.25) is 0 Å². The molecule has 0 saturated carbocycles. The number of hydrogen-bond donors (Lipinski definition) is 0. The van der Waals surface area contributed by atoms with Crippen LogP contribution in [0.25, 0.3) is 0 Å². The molecule has 0 aliphatic carbocycles. The van der Waals surface area contributed by atoms with Crippen LogP contribution in [-0.2, 0) is 0 Å². The average Bonchev–Trinajstić information content (AvgIpc) is 1.69. The van der Waals surface area contributed by atoms with Gasteiger partial charge in [0.15, 0.2) is 0 Å². The van der Waals surface area contributed by atoms with Crippen LogP contribution >= 0.6 is 23.5 Å². The van der Waals surface area contributed by atoms with Gasteiger partial charge in [-0.1, -0.05) is 0 Å². The summed E-state index contributed by atoms with van der Waals surface area (Å²) in [6, 6.07) is 0. The minimum absolute atomic E-state index is 0.956. The van der Waals surface area contributed by atoms with Crippen LogP contribution < -0.4 is 0 Å². The van der Waals surface area contributed by atoms with E-state index in [9.17, 15) is 0 Å². The van der Waals surface area contributed by atoms with Crippen molar-refractivity contribution < 1.29 is 0 Å². The largest absolute Gasteiger partial charge is 0.185 e. The lowest BCUT2D eigenvalue weighted by Gasteiger charge is -1.84. The van der Waals surface area contributed by atoms with Gasteiger partial charge in [0.05, 0.1) is 0 Å². The van der Waals surface area contributed by atoms with E-state index in [1.54, 1.807) is 11.8 Å². The molecule has 0 aliphatic heterocycles. The van der Waals surface area contributed by atoms with Crippen molar-refractivity contribution in [1.29, 1.82) is 5.26 Å². The first-order chi connectivity index (χ1) is 3.41. The third-order valence-electron chi connectivity index (χ3n) is 0.454. The molecule has 0 N–H and O–H groups in total. The Hall–Kier alpha value is 0.190. The van der Waals surface area contributed by atoms with Gasteiger partial charge in [0.25, 0.3) is 0 Å². The fraction of sp³-hybridized carbons (Fsp3) is 0.750. The number of nitriles is 1. The zero-order valence-electron chi connectivity index (χ0n) is 4.18. The van der Waals surface area contributed by atoms with Crippen molar-refractivity contribution in [3.8, 4) is 5.40 Å². The van der Waals surface area contributed by atoms with Crippen molar-refractivity contribution >= 4 is 23.5 Å². The number of rotatable bonds is 3. The predicted molar refractivity (Wildman–Crippen MR) is 36.5 cm³/mol. The Morgan fingerprint density at radius 3 is 2.71 bits per heavy atom. The molecule has 0 unspecified atom stereocenters. The Morgan fingerprint density at radius 2 is 2.29 bits per heavy atom. The van der Waals surface area contributed by atoms with E-state index < -0.39 is 0 Å². The molecule has 0 heterocycles. The van der Waals surface area contributed by atoms with Crippen LogP contribution in [0.4, 0.5) is 0 Å². The minimum Gasteiger partial charge on any atom is -0.185 e. The third-order valence-corrected chi connectivity index (χ3v) is 1.86. The normalized spacial score (nSPS) is 8.00. The Bertz CT molecular complexity index is 66.6. The first-order valence-electron chi connectivity index (χ1n) is 1.91. The van der Waals surface area contributed by atoms with Gasteiger partial charge >= 0.3 is 0 Å². The molecular formula is C4H7NS2. The zero-order valence-corrected chi connectivity index (χ0v) is 5.81. The van der Waals surface area contributed by atoms with E-state index in [2.05, 4.69) is 0 Å². The van der Waals surface area contributed by atoms with Gasteiger partial charge in [-0.05, 0) is 18.0 Å². The van der Waals surface area contributed by atoms with Crippen molar-refractivity contribution in [2.45, 2.75) is 0 Å². The molecule has 3 heteroatoms. The molecule has 0 saturated heterocycles. The number of thiocyanates is 1. The molecule has 0 bridgehead atoms. The van der Waals surface area contributed by atoms with E-state index in [1.165, 1.54) is 11.8 Å². The van der Waals surface area contributed by atoms with Crippen LogP contribution in [0, 0.1) is 10.7 Å². The maximum atomic E-state index is 8.00. The van der Waals surface area contributed by atoms with E-state index in [0.717, 1.165) is 11.5 Å². The van der Waals surface area contributed by atoms with E-state index in [1.807, 2.05) is 11.7 Å². The lowest BCUT2D eigenvalue weighted by atomic mass is 11.0. The Morgan fingerprint density at radius 1 is 1.57 bits per heavy atom. The van der Waals surface area contributed by atoms with Crippen LogP contribution in [0.2, 0.25) is 0 Å². The molecule has 0 aromatic rings. The van der Waals surface area contributed by atoms with Crippen molar-refractivity contribution in [2.24, 2.45) is 0 Å². The highest BCUT2D eigenvalue weighted by atomic mass is 32.2. The molecule has 0 atom stereocenters. The van der Waals surface area contributed by atoms with Gasteiger partial charge in [-0.3, -0.25) is 0 Å². The van der Waals surface area contributed by atoms with Crippen LogP contribution in [-0.4, -0.2) is 17.8 Å². The van der Waals surface area contributed by atoms with Crippen LogP contribution in [0.1, 0.15) is 0 Å².